The first kappa shape index (κ1) is 19.9. The van der Waals surface area contributed by atoms with Crippen molar-refractivity contribution in [1.29, 1.82) is 0 Å². The van der Waals surface area contributed by atoms with Gasteiger partial charge in [-0.1, -0.05) is 0 Å². The van der Waals surface area contributed by atoms with Crippen molar-refractivity contribution in [3.63, 3.8) is 0 Å². The van der Waals surface area contributed by atoms with E-state index in [-0.39, 0.29) is 32.0 Å². The molecule has 3 atom stereocenters. The van der Waals surface area contributed by atoms with Crippen molar-refractivity contribution in [2.45, 2.75) is 32.1 Å². The Balaban J connectivity index is 1.21. The highest BCUT2D eigenvalue weighted by Gasteiger charge is 2.49. The Labute approximate surface area is 164 Å². The van der Waals surface area contributed by atoms with E-state index in [9.17, 15) is 19.2 Å². The van der Waals surface area contributed by atoms with Crippen LogP contribution in [0.4, 0.5) is 4.79 Å². The van der Waals surface area contributed by atoms with Crippen molar-refractivity contribution in [1.82, 2.24) is 15.5 Å². The number of imide groups is 1. The molecule has 8 heteroatoms. The molecular formula is C20H25N3O5. The lowest BCUT2D eigenvalue weighted by Crippen LogP contribution is -2.38. The van der Waals surface area contributed by atoms with Crippen LogP contribution in [0.5, 0.6) is 0 Å². The molecule has 1 saturated carbocycles. The number of hydrogen-bond acceptors (Lipinski definition) is 5. The van der Waals surface area contributed by atoms with Gasteiger partial charge in [-0.3, -0.25) is 19.3 Å². The molecule has 1 aliphatic heterocycles. The minimum absolute atomic E-state index is 0.0256. The second-order valence-electron chi connectivity index (χ2n) is 7.21. The smallest absolute Gasteiger partial charge is 0.407 e. The number of fused-ring (bicyclic) bond motifs is 1. The molecule has 8 nitrogen and oxygen atoms in total. The molecular weight excluding hydrogens is 362 g/mol. The average Bonchev–Trinajstić information content (AvgIpc) is 3.19. The summed E-state index contributed by atoms with van der Waals surface area (Å²) in [6.45, 7) is 0.972. The zero-order valence-corrected chi connectivity index (χ0v) is 15.7. The third-order valence-corrected chi connectivity index (χ3v) is 5.43. The summed E-state index contributed by atoms with van der Waals surface area (Å²) < 4.78 is 5.29. The van der Waals surface area contributed by atoms with Gasteiger partial charge in [0.15, 0.2) is 0 Å². The summed E-state index contributed by atoms with van der Waals surface area (Å²) in [6, 6.07) is 0. The van der Waals surface area contributed by atoms with E-state index in [2.05, 4.69) is 22.5 Å². The predicted octanol–water partition coefficient (Wildman–Crippen LogP) is 0.584. The first-order chi connectivity index (χ1) is 13.6. The van der Waals surface area contributed by atoms with Gasteiger partial charge in [-0.05, 0) is 30.6 Å². The zero-order valence-electron chi connectivity index (χ0n) is 15.7. The maximum Gasteiger partial charge on any atom is 0.407 e. The quantitative estimate of drug-likeness (QED) is 0.360. The van der Waals surface area contributed by atoms with Gasteiger partial charge in [0.2, 0.25) is 5.91 Å². The van der Waals surface area contributed by atoms with Gasteiger partial charge >= 0.3 is 6.09 Å². The van der Waals surface area contributed by atoms with Crippen LogP contribution in [0, 0.1) is 29.6 Å². The van der Waals surface area contributed by atoms with Crippen LogP contribution in [0.1, 0.15) is 32.1 Å². The van der Waals surface area contributed by atoms with E-state index in [1.54, 1.807) is 0 Å². The maximum atomic E-state index is 11.8. The Bertz CT molecular complexity index is 700. The largest absolute Gasteiger partial charge is 0.449 e. The number of hydrogen-bond donors (Lipinski definition) is 2. The molecule has 0 aromatic rings. The van der Waals surface area contributed by atoms with E-state index < -0.39 is 17.9 Å². The topological polar surface area (TPSA) is 105 Å². The van der Waals surface area contributed by atoms with Crippen LogP contribution >= 0.6 is 0 Å². The summed E-state index contributed by atoms with van der Waals surface area (Å²) >= 11 is 0. The molecule has 0 spiro atoms. The van der Waals surface area contributed by atoms with Crippen LogP contribution < -0.4 is 10.6 Å². The molecule has 0 aromatic carbocycles. The second kappa shape index (κ2) is 9.40. The first-order valence-corrected chi connectivity index (χ1v) is 9.73. The van der Waals surface area contributed by atoms with E-state index in [0.29, 0.717) is 24.4 Å². The molecule has 4 amide bonds. The van der Waals surface area contributed by atoms with Crippen molar-refractivity contribution in [3.05, 3.63) is 12.2 Å². The van der Waals surface area contributed by atoms with Crippen LogP contribution in [0.2, 0.25) is 0 Å². The molecule has 0 aromatic heterocycles. The number of nitrogens with zero attached hydrogens (tertiary/aromatic N) is 1. The van der Waals surface area contributed by atoms with Crippen LogP contribution in [-0.4, -0.2) is 55.0 Å². The summed E-state index contributed by atoms with van der Waals surface area (Å²) in [5.41, 5.74) is 0. The average molecular weight is 387 g/mol. The number of amides is 4. The SMILES string of the molecule is O=C(CCN1C(=O)C=CC1=O)NCCNC(=O)OCC1[C@H]2CCC#CCC[C@@H]12. The van der Waals surface area contributed by atoms with Crippen molar-refractivity contribution < 1.29 is 23.9 Å². The van der Waals surface area contributed by atoms with E-state index >= 15 is 0 Å². The van der Waals surface area contributed by atoms with Gasteiger partial charge in [-0.25, -0.2) is 4.79 Å². The van der Waals surface area contributed by atoms with Crippen molar-refractivity contribution >= 4 is 23.8 Å². The van der Waals surface area contributed by atoms with Gasteiger partial charge in [0.25, 0.3) is 11.8 Å². The summed E-state index contributed by atoms with van der Waals surface area (Å²) in [6.07, 6.45) is 5.95. The molecule has 1 fully saturated rings. The monoisotopic (exact) mass is 387 g/mol. The molecule has 3 aliphatic rings. The predicted molar refractivity (Wildman–Crippen MR) is 99.6 cm³/mol. The van der Waals surface area contributed by atoms with Gasteiger partial charge in [0.1, 0.15) is 0 Å². The van der Waals surface area contributed by atoms with E-state index in [4.69, 9.17) is 4.74 Å². The third-order valence-electron chi connectivity index (χ3n) is 5.43. The molecule has 28 heavy (non-hydrogen) atoms. The van der Waals surface area contributed by atoms with Gasteiger partial charge in [0.05, 0.1) is 6.61 Å². The molecule has 1 unspecified atom stereocenters. The minimum atomic E-state index is -0.482. The van der Waals surface area contributed by atoms with Crippen LogP contribution in [0.3, 0.4) is 0 Å². The normalized spacial score (nSPS) is 25.1. The molecule has 0 radical (unpaired) electrons. The fourth-order valence-electron chi connectivity index (χ4n) is 3.83. The number of nitrogens with one attached hydrogen (secondary N) is 2. The molecule has 3 rings (SSSR count). The molecule has 150 valence electrons. The number of carbonyl (C=O) groups is 4. The van der Waals surface area contributed by atoms with Crippen LogP contribution in [-0.2, 0) is 19.1 Å². The van der Waals surface area contributed by atoms with Gasteiger partial charge in [0, 0.05) is 51.0 Å². The second-order valence-corrected chi connectivity index (χ2v) is 7.21. The van der Waals surface area contributed by atoms with E-state index in [1.807, 2.05) is 0 Å². The number of ether oxygens (including phenoxy) is 1. The molecule has 0 saturated heterocycles. The van der Waals surface area contributed by atoms with Crippen molar-refractivity contribution in [2.75, 3.05) is 26.2 Å². The number of carbonyl (C=O) groups excluding carboxylic acids is 4. The highest BCUT2D eigenvalue weighted by Crippen LogP contribution is 2.52. The van der Waals surface area contributed by atoms with Crippen LogP contribution in [0.25, 0.3) is 0 Å². The van der Waals surface area contributed by atoms with Crippen LogP contribution in [0.15, 0.2) is 12.2 Å². The molecule has 1 heterocycles. The van der Waals surface area contributed by atoms with Gasteiger partial charge < -0.3 is 15.4 Å². The Kier molecular flexibility index (Phi) is 6.69. The highest BCUT2D eigenvalue weighted by molar-refractivity contribution is 6.13. The fraction of sp³-hybridized carbons (Fsp3) is 0.600. The summed E-state index contributed by atoms with van der Waals surface area (Å²) in [4.78, 5) is 47.3. The molecule has 2 aliphatic carbocycles. The third kappa shape index (κ3) is 5.35. The molecule has 0 bridgehead atoms. The highest BCUT2D eigenvalue weighted by atomic mass is 16.5. The standard InChI is InChI=1S/C20H25N3O5/c24-17(9-12-23-18(25)7-8-19(23)26)21-10-11-22-20(27)28-13-16-14-5-3-1-2-4-6-15(14)16/h7-8,14-16H,3-6,9-13H2,(H,21,24)(H,22,27)/t14-,15+,16?. The lowest BCUT2D eigenvalue weighted by Gasteiger charge is -2.13. The summed E-state index contributed by atoms with van der Waals surface area (Å²) in [7, 11) is 0. The van der Waals surface area contributed by atoms with Gasteiger partial charge in [-0.2, -0.15) is 0 Å². The summed E-state index contributed by atoms with van der Waals surface area (Å²) in [5, 5.41) is 5.24. The van der Waals surface area contributed by atoms with Gasteiger partial charge in [-0.15, -0.1) is 11.8 Å². The number of rotatable bonds is 8. The van der Waals surface area contributed by atoms with Crippen molar-refractivity contribution in [2.24, 2.45) is 17.8 Å². The Hall–Kier alpha value is -2.82. The zero-order chi connectivity index (χ0) is 19.9. The number of alkyl carbamates (subject to hydrolysis) is 1. The Morgan fingerprint density at radius 1 is 1.04 bits per heavy atom. The Morgan fingerprint density at radius 2 is 1.64 bits per heavy atom. The lowest BCUT2D eigenvalue weighted by atomic mass is 10.1. The summed E-state index contributed by atoms with van der Waals surface area (Å²) in [5.74, 6) is 6.92. The lowest BCUT2D eigenvalue weighted by molar-refractivity contribution is -0.137. The van der Waals surface area contributed by atoms with E-state index in [0.717, 1.165) is 30.6 Å². The minimum Gasteiger partial charge on any atom is -0.449 e. The Morgan fingerprint density at radius 3 is 2.29 bits per heavy atom. The fourth-order valence-corrected chi connectivity index (χ4v) is 3.83. The maximum absolute atomic E-state index is 11.8. The van der Waals surface area contributed by atoms with E-state index in [1.165, 1.54) is 12.2 Å². The first-order valence-electron chi connectivity index (χ1n) is 9.73. The molecule has 2 N–H and O–H groups in total. The van der Waals surface area contributed by atoms with Crippen molar-refractivity contribution in [3.8, 4) is 11.8 Å².